The maximum atomic E-state index is 12.2. The number of nitrogens with one attached hydrogen (secondary N) is 1. The third-order valence-corrected chi connectivity index (χ3v) is 3.47. The average Bonchev–Trinajstić information content (AvgIpc) is 2.74. The number of hydrogen-bond acceptors (Lipinski definition) is 3. The molecule has 1 unspecified atom stereocenters. The first-order valence-corrected chi connectivity index (χ1v) is 6.68. The lowest BCUT2D eigenvalue weighted by atomic mass is 10.1. The molecule has 20 heavy (non-hydrogen) atoms. The van der Waals surface area contributed by atoms with Crippen LogP contribution in [0.1, 0.15) is 27.2 Å². The summed E-state index contributed by atoms with van der Waals surface area (Å²) in [5, 5.41) is 12.3. The molecule has 0 radical (unpaired) electrons. The number of para-hydroxylation sites is 2. The number of hydrogen-bond donors (Lipinski definition) is 2. The highest BCUT2D eigenvalue weighted by atomic mass is 16.3. The van der Waals surface area contributed by atoms with Crippen molar-refractivity contribution in [1.29, 1.82) is 0 Å². The van der Waals surface area contributed by atoms with Crippen LogP contribution >= 0.6 is 0 Å². The van der Waals surface area contributed by atoms with Gasteiger partial charge in [0.25, 0.3) is 0 Å². The largest absolute Gasteiger partial charge is 0.506 e. The Morgan fingerprint density at radius 2 is 2.00 bits per heavy atom. The van der Waals surface area contributed by atoms with E-state index in [4.69, 9.17) is 0 Å². The van der Waals surface area contributed by atoms with Crippen LogP contribution in [0.4, 0.5) is 5.69 Å². The quantitative estimate of drug-likeness (QED) is 0.811. The molecule has 5 heteroatoms. The summed E-state index contributed by atoms with van der Waals surface area (Å²) >= 11 is 0. The predicted molar refractivity (Wildman–Crippen MR) is 76.3 cm³/mol. The molecule has 1 aliphatic rings. The number of likely N-dealkylation sites (tertiary alicyclic amines) is 1. The Bertz CT molecular complexity index is 534. The number of rotatable bonds is 2. The van der Waals surface area contributed by atoms with E-state index in [1.165, 1.54) is 6.07 Å². The highest BCUT2D eigenvalue weighted by Gasteiger charge is 2.39. The number of nitrogens with zero attached hydrogens (tertiary/aromatic N) is 1. The maximum Gasteiger partial charge on any atom is 0.229 e. The number of anilines is 1. The van der Waals surface area contributed by atoms with Crippen molar-refractivity contribution in [3.63, 3.8) is 0 Å². The fourth-order valence-corrected chi connectivity index (χ4v) is 2.35. The first kappa shape index (κ1) is 14.4. The van der Waals surface area contributed by atoms with Gasteiger partial charge in [0.15, 0.2) is 0 Å². The Hall–Kier alpha value is -2.04. The van der Waals surface area contributed by atoms with Crippen LogP contribution in [0, 0.1) is 5.92 Å². The maximum absolute atomic E-state index is 12.2. The number of phenols is 1. The van der Waals surface area contributed by atoms with Crippen molar-refractivity contribution in [2.45, 2.75) is 32.7 Å². The van der Waals surface area contributed by atoms with Crippen LogP contribution in [0.15, 0.2) is 24.3 Å². The fourth-order valence-electron chi connectivity index (χ4n) is 2.35. The van der Waals surface area contributed by atoms with Gasteiger partial charge in [0.05, 0.1) is 11.6 Å². The third-order valence-electron chi connectivity index (χ3n) is 3.47. The van der Waals surface area contributed by atoms with Crippen LogP contribution in [0.25, 0.3) is 0 Å². The van der Waals surface area contributed by atoms with Crippen LogP contribution in [0.5, 0.6) is 5.75 Å². The van der Waals surface area contributed by atoms with Gasteiger partial charge in [0.1, 0.15) is 5.75 Å². The highest BCUT2D eigenvalue weighted by molar-refractivity contribution is 5.98. The Balaban J connectivity index is 2.05. The van der Waals surface area contributed by atoms with E-state index in [0.29, 0.717) is 12.2 Å². The van der Waals surface area contributed by atoms with Gasteiger partial charge in [-0.1, -0.05) is 12.1 Å². The van der Waals surface area contributed by atoms with Crippen molar-refractivity contribution in [2.24, 2.45) is 5.92 Å². The molecule has 1 saturated heterocycles. The van der Waals surface area contributed by atoms with Gasteiger partial charge >= 0.3 is 0 Å². The van der Waals surface area contributed by atoms with E-state index in [9.17, 15) is 14.7 Å². The molecule has 0 aromatic heterocycles. The molecule has 0 aliphatic carbocycles. The molecular weight excluding hydrogens is 256 g/mol. The number of aromatic hydroxyl groups is 1. The number of carbonyl (C=O) groups is 2. The summed E-state index contributed by atoms with van der Waals surface area (Å²) < 4.78 is 0. The summed E-state index contributed by atoms with van der Waals surface area (Å²) in [5.74, 6) is -0.583. The molecule has 2 N–H and O–H groups in total. The molecule has 1 aliphatic heterocycles. The van der Waals surface area contributed by atoms with Gasteiger partial charge in [0.2, 0.25) is 11.8 Å². The van der Waals surface area contributed by atoms with Crippen molar-refractivity contribution >= 4 is 17.5 Å². The van der Waals surface area contributed by atoms with Gasteiger partial charge < -0.3 is 15.3 Å². The zero-order valence-electron chi connectivity index (χ0n) is 12.0. The average molecular weight is 276 g/mol. The van der Waals surface area contributed by atoms with Crippen LogP contribution < -0.4 is 5.32 Å². The second-order valence-corrected chi connectivity index (χ2v) is 6.08. The number of benzene rings is 1. The Labute approximate surface area is 118 Å². The molecule has 0 spiro atoms. The molecule has 1 aromatic rings. The van der Waals surface area contributed by atoms with E-state index >= 15 is 0 Å². The summed E-state index contributed by atoms with van der Waals surface area (Å²) in [6.45, 7) is 6.28. The van der Waals surface area contributed by atoms with E-state index in [1.54, 1.807) is 23.1 Å². The zero-order valence-corrected chi connectivity index (χ0v) is 12.0. The monoisotopic (exact) mass is 276 g/mol. The van der Waals surface area contributed by atoms with E-state index in [2.05, 4.69) is 5.32 Å². The topological polar surface area (TPSA) is 69.6 Å². The van der Waals surface area contributed by atoms with Crippen molar-refractivity contribution in [3.8, 4) is 5.75 Å². The van der Waals surface area contributed by atoms with Crippen LogP contribution in [-0.2, 0) is 9.59 Å². The summed E-state index contributed by atoms with van der Waals surface area (Å²) in [6, 6.07) is 6.56. The molecule has 108 valence electrons. The van der Waals surface area contributed by atoms with Gasteiger partial charge in [-0.05, 0) is 32.9 Å². The van der Waals surface area contributed by atoms with Gasteiger partial charge in [-0.2, -0.15) is 0 Å². The van der Waals surface area contributed by atoms with Crippen LogP contribution in [-0.4, -0.2) is 33.9 Å². The van der Waals surface area contributed by atoms with Gasteiger partial charge in [-0.25, -0.2) is 0 Å². The van der Waals surface area contributed by atoms with Crippen molar-refractivity contribution in [1.82, 2.24) is 4.90 Å². The molecule has 5 nitrogen and oxygen atoms in total. The predicted octanol–water partition coefficient (Wildman–Crippen LogP) is 1.98. The van der Waals surface area contributed by atoms with Crippen molar-refractivity contribution < 1.29 is 14.7 Å². The molecule has 1 atom stereocenters. The lowest BCUT2D eigenvalue weighted by Crippen LogP contribution is -2.42. The summed E-state index contributed by atoms with van der Waals surface area (Å²) in [6.07, 6.45) is 0.219. The molecule has 2 rings (SSSR count). The molecule has 1 aromatic carbocycles. The minimum absolute atomic E-state index is 0.00469. The summed E-state index contributed by atoms with van der Waals surface area (Å²) in [4.78, 5) is 25.9. The molecule has 2 amide bonds. The van der Waals surface area contributed by atoms with Crippen molar-refractivity contribution in [2.75, 3.05) is 11.9 Å². The number of phenolic OH excluding ortho intramolecular Hbond substituents is 1. The van der Waals surface area contributed by atoms with Gasteiger partial charge in [-0.3, -0.25) is 9.59 Å². The minimum atomic E-state index is -0.374. The fraction of sp³-hybridized carbons (Fsp3) is 0.467. The second kappa shape index (κ2) is 5.15. The normalized spacial score (nSPS) is 19.2. The molecule has 1 fully saturated rings. The highest BCUT2D eigenvalue weighted by Crippen LogP contribution is 2.28. The van der Waals surface area contributed by atoms with E-state index in [0.717, 1.165) is 0 Å². The smallest absolute Gasteiger partial charge is 0.229 e. The lowest BCUT2D eigenvalue weighted by molar-refractivity contribution is -0.131. The first-order chi connectivity index (χ1) is 9.29. The molecule has 1 heterocycles. The second-order valence-electron chi connectivity index (χ2n) is 6.08. The Morgan fingerprint density at radius 3 is 2.55 bits per heavy atom. The minimum Gasteiger partial charge on any atom is -0.506 e. The van der Waals surface area contributed by atoms with Crippen molar-refractivity contribution in [3.05, 3.63) is 24.3 Å². The number of carbonyl (C=O) groups excluding carboxylic acids is 2. The van der Waals surface area contributed by atoms with Crippen LogP contribution in [0.3, 0.4) is 0 Å². The Morgan fingerprint density at radius 1 is 1.35 bits per heavy atom. The standard InChI is InChI=1S/C15H20N2O3/c1-15(2,3)17-9-10(8-13(17)19)14(20)16-11-6-4-5-7-12(11)18/h4-7,10,18H,8-9H2,1-3H3,(H,16,20). The van der Waals surface area contributed by atoms with E-state index in [-0.39, 0.29) is 35.4 Å². The third kappa shape index (κ3) is 2.92. The van der Waals surface area contributed by atoms with Crippen LogP contribution in [0.2, 0.25) is 0 Å². The molecular formula is C15H20N2O3. The van der Waals surface area contributed by atoms with E-state index < -0.39 is 0 Å². The van der Waals surface area contributed by atoms with Gasteiger partial charge in [-0.15, -0.1) is 0 Å². The summed E-state index contributed by atoms with van der Waals surface area (Å²) in [7, 11) is 0. The Kier molecular flexibility index (Phi) is 3.70. The van der Waals surface area contributed by atoms with E-state index in [1.807, 2.05) is 20.8 Å². The zero-order chi connectivity index (χ0) is 14.9. The lowest BCUT2D eigenvalue weighted by Gasteiger charge is -2.31. The first-order valence-electron chi connectivity index (χ1n) is 6.68. The van der Waals surface area contributed by atoms with Gasteiger partial charge in [0, 0.05) is 18.5 Å². The summed E-state index contributed by atoms with van der Waals surface area (Å²) in [5.41, 5.74) is 0.0974. The number of amides is 2. The molecule has 0 saturated carbocycles. The SMILES string of the molecule is CC(C)(C)N1CC(C(=O)Nc2ccccc2O)CC1=O. The molecule has 0 bridgehead atoms.